The number of anilines is 3. The first-order chi connectivity index (χ1) is 17.5. The van der Waals surface area contributed by atoms with E-state index in [0.29, 0.717) is 17.1 Å². The maximum absolute atomic E-state index is 14.9. The first kappa shape index (κ1) is 25.1. The molecule has 10 nitrogen and oxygen atoms in total. The molecule has 0 aliphatic rings. The van der Waals surface area contributed by atoms with Crippen molar-refractivity contribution in [3.8, 4) is 22.5 Å². The van der Waals surface area contributed by atoms with E-state index in [4.69, 9.17) is 11.5 Å². The molecule has 5 N–H and O–H groups in total. The van der Waals surface area contributed by atoms with E-state index in [2.05, 4.69) is 25.3 Å². The lowest BCUT2D eigenvalue weighted by atomic mass is 10.0. The molecule has 0 aliphatic carbocycles. The number of amides is 2. The molecule has 0 saturated carbocycles. The van der Waals surface area contributed by atoms with E-state index in [1.807, 2.05) is 0 Å². The van der Waals surface area contributed by atoms with Gasteiger partial charge in [-0.25, -0.2) is 23.7 Å². The SMILES string of the molecule is Cc1nc(N)cc(-c2ccncc2NC(=O)c2nc(-c3cc(C(=O)N(C)C)ccc3F)c(F)cc2N)n1. The molecule has 0 atom stereocenters. The maximum Gasteiger partial charge on any atom is 0.276 e. The summed E-state index contributed by atoms with van der Waals surface area (Å²) in [5, 5.41) is 2.64. The van der Waals surface area contributed by atoms with Crippen molar-refractivity contribution in [1.82, 2.24) is 24.8 Å². The number of hydrogen-bond acceptors (Lipinski definition) is 8. The summed E-state index contributed by atoms with van der Waals surface area (Å²) in [4.78, 5) is 43.2. The number of halogens is 2. The van der Waals surface area contributed by atoms with Gasteiger partial charge >= 0.3 is 0 Å². The Kier molecular flexibility index (Phi) is 6.74. The molecule has 3 heterocycles. The number of nitrogens with zero attached hydrogens (tertiary/aromatic N) is 5. The fourth-order valence-electron chi connectivity index (χ4n) is 3.60. The van der Waals surface area contributed by atoms with Crippen LogP contribution in [0.1, 0.15) is 26.7 Å². The molecule has 0 spiro atoms. The normalized spacial score (nSPS) is 10.7. The number of carbonyl (C=O) groups excluding carboxylic acids is 2. The van der Waals surface area contributed by atoms with Gasteiger partial charge in [-0.15, -0.1) is 0 Å². The summed E-state index contributed by atoms with van der Waals surface area (Å²) in [5.41, 5.74) is 11.6. The molecule has 2 amide bonds. The van der Waals surface area contributed by atoms with Gasteiger partial charge in [-0.2, -0.15) is 0 Å². The molecule has 1 aromatic carbocycles. The topological polar surface area (TPSA) is 153 Å². The summed E-state index contributed by atoms with van der Waals surface area (Å²) in [6.45, 7) is 1.67. The van der Waals surface area contributed by atoms with Crippen molar-refractivity contribution >= 4 is 29.0 Å². The number of nitrogens with two attached hydrogens (primary N) is 2. The highest BCUT2D eigenvalue weighted by Gasteiger charge is 2.22. The standard InChI is InChI=1S/C25H22F2N8O2/c1-12-31-19(10-21(29)32-12)14-6-7-30-11-20(14)33-24(36)23-18(28)9-17(27)22(34-23)15-8-13(4-5-16(15)26)25(37)35(2)3/h4-11H,28H2,1-3H3,(H,33,36)(H2,29,31,32). The molecule has 0 aliphatic heterocycles. The predicted octanol–water partition coefficient (Wildman–Crippen LogP) is 3.31. The highest BCUT2D eigenvalue weighted by Crippen LogP contribution is 2.30. The van der Waals surface area contributed by atoms with Crippen LogP contribution in [-0.2, 0) is 0 Å². The van der Waals surface area contributed by atoms with Crippen LogP contribution in [0.25, 0.3) is 22.5 Å². The van der Waals surface area contributed by atoms with Crippen LogP contribution in [0.4, 0.5) is 26.0 Å². The molecule has 0 bridgehead atoms. The summed E-state index contributed by atoms with van der Waals surface area (Å²) in [6.07, 6.45) is 2.89. The van der Waals surface area contributed by atoms with Crippen LogP contribution >= 0.6 is 0 Å². The van der Waals surface area contributed by atoms with Gasteiger partial charge in [0.15, 0.2) is 11.5 Å². The van der Waals surface area contributed by atoms with Crippen molar-refractivity contribution in [1.29, 1.82) is 0 Å². The van der Waals surface area contributed by atoms with Gasteiger partial charge in [0, 0.05) is 49.1 Å². The Morgan fingerprint density at radius 2 is 1.70 bits per heavy atom. The van der Waals surface area contributed by atoms with Crippen molar-refractivity contribution in [3.63, 3.8) is 0 Å². The van der Waals surface area contributed by atoms with Crippen molar-refractivity contribution in [2.45, 2.75) is 6.92 Å². The maximum atomic E-state index is 14.9. The molecule has 0 fully saturated rings. The zero-order valence-corrected chi connectivity index (χ0v) is 20.1. The van der Waals surface area contributed by atoms with Crippen LogP contribution in [0, 0.1) is 18.6 Å². The van der Waals surface area contributed by atoms with Crippen LogP contribution < -0.4 is 16.8 Å². The van der Waals surface area contributed by atoms with Crippen LogP contribution in [0.15, 0.2) is 48.8 Å². The average Bonchev–Trinajstić information content (AvgIpc) is 2.84. The number of pyridine rings is 2. The van der Waals surface area contributed by atoms with E-state index in [1.54, 1.807) is 13.0 Å². The predicted molar refractivity (Wildman–Crippen MR) is 134 cm³/mol. The molecule has 3 aromatic heterocycles. The van der Waals surface area contributed by atoms with Gasteiger partial charge in [0.05, 0.1) is 23.3 Å². The van der Waals surface area contributed by atoms with Gasteiger partial charge in [0.2, 0.25) is 0 Å². The average molecular weight is 505 g/mol. The molecule has 0 saturated heterocycles. The quantitative estimate of drug-likeness (QED) is 0.374. The van der Waals surface area contributed by atoms with Crippen molar-refractivity contribution in [2.75, 3.05) is 30.9 Å². The molecule has 0 radical (unpaired) electrons. The largest absolute Gasteiger partial charge is 0.397 e. The molecule has 37 heavy (non-hydrogen) atoms. The van der Waals surface area contributed by atoms with E-state index in [0.717, 1.165) is 12.1 Å². The fourth-order valence-corrected chi connectivity index (χ4v) is 3.60. The Morgan fingerprint density at radius 3 is 2.41 bits per heavy atom. The third kappa shape index (κ3) is 5.17. The fraction of sp³-hybridized carbons (Fsp3) is 0.120. The van der Waals surface area contributed by atoms with Crippen molar-refractivity contribution in [3.05, 3.63) is 77.5 Å². The number of nitrogen functional groups attached to an aromatic ring is 2. The second kappa shape index (κ2) is 9.93. The van der Waals surface area contributed by atoms with Crippen molar-refractivity contribution < 1.29 is 18.4 Å². The minimum atomic E-state index is -0.962. The summed E-state index contributed by atoms with van der Waals surface area (Å²) in [7, 11) is 3.05. The smallest absolute Gasteiger partial charge is 0.276 e. The first-order valence-electron chi connectivity index (χ1n) is 10.9. The van der Waals surface area contributed by atoms with Gasteiger partial charge in [-0.3, -0.25) is 14.6 Å². The zero-order chi connectivity index (χ0) is 26.9. The van der Waals surface area contributed by atoms with E-state index >= 15 is 0 Å². The van der Waals surface area contributed by atoms with E-state index in [-0.39, 0.29) is 34.0 Å². The van der Waals surface area contributed by atoms with Crippen LogP contribution in [0.3, 0.4) is 0 Å². The number of rotatable bonds is 5. The zero-order valence-electron chi connectivity index (χ0n) is 20.1. The Labute approximate surface area is 210 Å². The second-order valence-electron chi connectivity index (χ2n) is 8.25. The monoisotopic (exact) mass is 504 g/mol. The Hall–Kier alpha value is -5.00. The van der Waals surface area contributed by atoms with Gasteiger partial charge in [-0.1, -0.05) is 0 Å². The summed E-state index contributed by atoms with van der Waals surface area (Å²) in [5.74, 6) is -2.34. The van der Waals surface area contributed by atoms with Gasteiger partial charge in [0.25, 0.3) is 11.8 Å². The Morgan fingerprint density at radius 1 is 0.946 bits per heavy atom. The number of benzene rings is 1. The Bertz CT molecular complexity index is 1520. The lowest BCUT2D eigenvalue weighted by Crippen LogP contribution is -2.21. The van der Waals surface area contributed by atoms with Crippen LogP contribution in [0.2, 0.25) is 0 Å². The summed E-state index contributed by atoms with van der Waals surface area (Å²) < 4.78 is 29.6. The number of nitrogens with one attached hydrogen (secondary N) is 1. The third-order valence-electron chi connectivity index (χ3n) is 5.30. The molecule has 4 rings (SSSR count). The third-order valence-corrected chi connectivity index (χ3v) is 5.30. The van der Waals surface area contributed by atoms with E-state index in [9.17, 15) is 18.4 Å². The molecular weight excluding hydrogens is 482 g/mol. The first-order valence-corrected chi connectivity index (χ1v) is 10.9. The van der Waals surface area contributed by atoms with Crippen LogP contribution in [0.5, 0.6) is 0 Å². The lowest BCUT2D eigenvalue weighted by Gasteiger charge is -2.14. The molecule has 12 heteroatoms. The lowest BCUT2D eigenvalue weighted by molar-refractivity contribution is 0.0827. The van der Waals surface area contributed by atoms with Gasteiger partial charge < -0.3 is 21.7 Å². The highest BCUT2D eigenvalue weighted by atomic mass is 19.1. The number of aromatic nitrogens is 4. The molecule has 188 valence electrons. The molecule has 0 unspecified atom stereocenters. The van der Waals surface area contributed by atoms with Crippen LogP contribution in [-0.4, -0.2) is 50.7 Å². The summed E-state index contributed by atoms with van der Waals surface area (Å²) >= 11 is 0. The minimum Gasteiger partial charge on any atom is -0.397 e. The molecule has 4 aromatic rings. The Balaban J connectivity index is 1.74. The van der Waals surface area contributed by atoms with E-state index in [1.165, 1.54) is 49.6 Å². The van der Waals surface area contributed by atoms with E-state index < -0.39 is 29.1 Å². The number of hydrogen-bond donors (Lipinski definition) is 3. The summed E-state index contributed by atoms with van der Waals surface area (Å²) in [6, 6.07) is 7.49. The minimum absolute atomic E-state index is 0.116. The van der Waals surface area contributed by atoms with Gasteiger partial charge in [-0.05, 0) is 31.2 Å². The number of aryl methyl sites for hydroxylation is 1. The second-order valence-corrected chi connectivity index (χ2v) is 8.25. The van der Waals surface area contributed by atoms with Crippen molar-refractivity contribution in [2.24, 2.45) is 0 Å². The van der Waals surface area contributed by atoms with Gasteiger partial charge in [0.1, 0.15) is 23.2 Å². The highest BCUT2D eigenvalue weighted by molar-refractivity contribution is 6.08. The molecular formula is C25H22F2N8O2. The number of carbonyl (C=O) groups is 2.